The van der Waals surface area contributed by atoms with Gasteiger partial charge in [0.25, 0.3) is 0 Å². The van der Waals surface area contributed by atoms with Gasteiger partial charge in [0.05, 0.1) is 0 Å². The first-order valence-corrected chi connectivity index (χ1v) is 9.21. The van der Waals surface area contributed by atoms with E-state index in [1.54, 1.807) is 0 Å². The molecule has 0 aliphatic rings. The van der Waals surface area contributed by atoms with Crippen molar-refractivity contribution in [1.82, 2.24) is 0 Å². The molecule has 0 unspecified atom stereocenters. The average Bonchev–Trinajstić information content (AvgIpc) is 2.60. The maximum absolute atomic E-state index is 12.6. The second kappa shape index (κ2) is 10.4. The predicted molar refractivity (Wildman–Crippen MR) is 77.8 cm³/mol. The maximum Gasteiger partial charge on any atom is 0.300 e. The monoisotopic (exact) mass is 634 g/mol. The fourth-order valence-electron chi connectivity index (χ4n) is 1.62. The molecule has 2 aromatic carbocycles. The van der Waals surface area contributed by atoms with Gasteiger partial charge in [-0.15, -0.1) is 0 Å². The molecule has 0 aromatic heterocycles. The number of halogens is 10. The molecule has 0 heterocycles. The minimum atomic E-state index is -5.52. The van der Waals surface area contributed by atoms with Gasteiger partial charge in [-0.2, -0.15) is 16.8 Å². The summed E-state index contributed by atoms with van der Waals surface area (Å²) in [5, 5.41) is 0. The van der Waals surface area contributed by atoms with Crippen LogP contribution in [-0.4, -0.2) is 74.8 Å². The molecule has 0 aliphatic heterocycles. The fourth-order valence-corrected chi connectivity index (χ4v) is 2.89. The van der Waals surface area contributed by atoms with E-state index in [2.05, 4.69) is 0 Å². The fraction of sp³-hybridized carbons (Fsp3) is 0. The molecular weight excluding hydrogens is 632 g/mol. The standard InChI is InChI=1S/2C6HF5O3S.Ba/c2*7-1-2(8)4(10)6(15(12,13)14)5(11)3(1)9;/h2*(H,12,13,14);. The van der Waals surface area contributed by atoms with Crippen LogP contribution in [-0.2, 0) is 20.2 Å². The molecule has 0 aliphatic carbocycles. The van der Waals surface area contributed by atoms with Gasteiger partial charge >= 0.3 is 20.2 Å². The number of benzene rings is 2. The van der Waals surface area contributed by atoms with Crippen LogP contribution < -0.4 is 0 Å². The van der Waals surface area contributed by atoms with Crippen LogP contribution in [0.5, 0.6) is 0 Å². The van der Waals surface area contributed by atoms with E-state index in [4.69, 9.17) is 9.11 Å². The molecule has 19 heteroatoms. The zero-order chi connectivity index (χ0) is 23.9. The molecule has 2 radical (unpaired) electrons. The van der Waals surface area contributed by atoms with E-state index in [0.29, 0.717) is 0 Å². The molecule has 0 spiro atoms. The molecule has 31 heavy (non-hydrogen) atoms. The predicted octanol–water partition coefficient (Wildman–Crippen LogP) is 2.88. The number of hydrogen-bond donors (Lipinski definition) is 2. The summed E-state index contributed by atoms with van der Waals surface area (Å²) in [5.41, 5.74) is 0. The zero-order valence-electron chi connectivity index (χ0n) is 13.8. The molecule has 0 saturated heterocycles. The van der Waals surface area contributed by atoms with Crippen molar-refractivity contribution < 1.29 is 69.8 Å². The first-order valence-electron chi connectivity index (χ1n) is 6.33. The van der Waals surface area contributed by atoms with Crippen LogP contribution in [0.15, 0.2) is 9.79 Å². The Labute approximate surface area is 205 Å². The Morgan fingerprint density at radius 1 is 0.387 bits per heavy atom. The summed E-state index contributed by atoms with van der Waals surface area (Å²) in [6.45, 7) is 0. The molecule has 0 bridgehead atoms. The van der Waals surface area contributed by atoms with Gasteiger partial charge < -0.3 is 0 Å². The average molecular weight is 634 g/mol. The normalized spacial score (nSPS) is 11.5. The van der Waals surface area contributed by atoms with E-state index in [9.17, 15) is 60.7 Å². The van der Waals surface area contributed by atoms with E-state index < -0.39 is 88.2 Å². The van der Waals surface area contributed by atoms with Gasteiger partial charge in [0, 0.05) is 48.9 Å². The smallest absolute Gasteiger partial charge is 0.282 e. The Morgan fingerprint density at radius 3 is 0.645 bits per heavy atom. The van der Waals surface area contributed by atoms with Gasteiger partial charge in [-0.1, -0.05) is 0 Å². The van der Waals surface area contributed by atoms with E-state index >= 15 is 0 Å². The molecule has 0 amide bonds. The molecule has 0 saturated carbocycles. The van der Waals surface area contributed by atoms with Crippen molar-refractivity contribution in [2.24, 2.45) is 0 Å². The number of rotatable bonds is 2. The molecule has 2 N–H and O–H groups in total. The third kappa shape index (κ3) is 6.13. The SMILES string of the molecule is O=S(=O)(O)c1c(F)c(F)c(F)c(F)c1F.O=S(=O)(O)c1c(F)c(F)c(F)c(F)c1F.[Ba]. The van der Waals surface area contributed by atoms with Gasteiger partial charge in [-0.3, -0.25) is 9.11 Å². The Kier molecular flexibility index (Phi) is 10.1. The maximum atomic E-state index is 12.6. The van der Waals surface area contributed by atoms with E-state index in [0.717, 1.165) is 0 Å². The first kappa shape index (κ1) is 30.1. The Balaban J connectivity index is 0.000000562. The van der Waals surface area contributed by atoms with Crippen molar-refractivity contribution in [2.45, 2.75) is 9.79 Å². The summed E-state index contributed by atoms with van der Waals surface area (Å²) in [6, 6.07) is 0. The second-order valence-electron chi connectivity index (χ2n) is 4.75. The Morgan fingerprint density at radius 2 is 0.516 bits per heavy atom. The number of hydrogen-bond acceptors (Lipinski definition) is 4. The molecule has 0 atom stereocenters. The van der Waals surface area contributed by atoms with Crippen molar-refractivity contribution in [1.29, 1.82) is 0 Å². The van der Waals surface area contributed by atoms with Crippen molar-refractivity contribution in [3.8, 4) is 0 Å². The van der Waals surface area contributed by atoms with Gasteiger partial charge in [0.1, 0.15) is 0 Å². The van der Waals surface area contributed by atoms with Crippen LogP contribution in [0.25, 0.3) is 0 Å². The van der Waals surface area contributed by atoms with E-state index in [1.807, 2.05) is 0 Å². The van der Waals surface area contributed by atoms with E-state index in [1.165, 1.54) is 0 Å². The summed E-state index contributed by atoms with van der Waals surface area (Å²) in [7, 11) is -11.0. The molecule has 170 valence electrons. The van der Waals surface area contributed by atoms with Crippen LogP contribution in [0.1, 0.15) is 0 Å². The largest absolute Gasteiger partial charge is 0.300 e. The first-order chi connectivity index (χ1) is 13.4. The van der Waals surface area contributed by atoms with Gasteiger partial charge in [0.2, 0.25) is 11.6 Å². The van der Waals surface area contributed by atoms with Crippen molar-refractivity contribution >= 4 is 69.1 Å². The van der Waals surface area contributed by atoms with Crippen molar-refractivity contribution in [3.63, 3.8) is 0 Å². The van der Waals surface area contributed by atoms with Gasteiger partial charge in [-0.25, -0.2) is 43.9 Å². The summed E-state index contributed by atoms with van der Waals surface area (Å²) in [4.78, 5) is -4.53. The zero-order valence-corrected chi connectivity index (χ0v) is 19.9. The van der Waals surface area contributed by atoms with Crippen LogP contribution in [0, 0.1) is 58.2 Å². The molecule has 0 fully saturated rings. The third-order valence-electron chi connectivity index (χ3n) is 2.85. The third-order valence-corrected chi connectivity index (χ3v) is 4.60. The molecule has 2 rings (SSSR count). The minimum absolute atomic E-state index is 0. The Hall–Kier alpha value is -0.869. The van der Waals surface area contributed by atoms with Crippen LogP contribution in [0.4, 0.5) is 43.9 Å². The molecule has 2 aromatic rings. The second-order valence-corrected chi connectivity index (χ2v) is 7.46. The van der Waals surface area contributed by atoms with Crippen molar-refractivity contribution in [3.05, 3.63) is 58.2 Å². The summed E-state index contributed by atoms with van der Waals surface area (Å²) in [6.07, 6.45) is 0. The molecule has 6 nitrogen and oxygen atoms in total. The van der Waals surface area contributed by atoms with Gasteiger partial charge in [-0.05, 0) is 0 Å². The Bertz CT molecular complexity index is 1090. The minimum Gasteiger partial charge on any atom is -0.282 e. The summed E-state index contributed by atoms with van der Waals surface area (Å²) < 4.78 is 183. The van der Waals surface area contributed by atoms with Crippen LogP contribution >= 0.6 is 0 Å². The molecular formula is C12H2BaF10O6S2. The van der Waals surface area contributed by atoms with Crippen LogP contribution in [0.3, 0.4) is 0 Å². The van der Waals surface area contributed by atoms with E-state index in [-0.39, 0.29) is 48.9 Å². The van der Waals surface area contributed by atoms with Crippen LogP contribution in [0.2, 0.25) is 0 Å². The topological polar surface area (TPSA) is 109 Å². The summed E-state index contributed by atoms with van der Waals surface area (Å²) in [5.74, 6) is -25.2. The van der Waals surface area contributed by atoms with Crippen molar-refractivity contribution in [2.75, 3.05) is 0 Å². The summed E-state index contributed by atoms with van der Waals surface area (Å²) >= 11 is 0. The van der Waals surface area contributed by atoms with Gasteiger partial charge in [0.15, 0.2) is 56.3 Å². The quantitative estimate of drug-likeness (QED) is 0.173.